The smallest absolute Gasteiger partial charge is 0.333 e. The molecule has 0 fully saturated rings. The zero-order valence-electron chi connectivity index (χ0n) is 19.0. The lowest BCUT2D eigenvalue weighted by atomic mass is 10.1. The van der Waals surface area contributed by atoms with Gasteiger partial charge < -0.3 is 10.0 Å². The fraction of sp³-hybridized carbons (Fsp3) is 0. The number of para-hydroxylation sites is 2. The van der Waals surface area contributed by atoms with E-state index >= 15 is 0 Å². The van der Waals surface area contributed by atoms with Crippen LogP contribution in [-0.2, 0) is 4.79 Å². The molecule has 0 saturated heterocycles. The van der Waals surface area contributed by atoms with E-state index in [4.69, 9.17) is 11.7 Å². The van der Waals surface area contributed by atoms with Crippen LogP contribution in [0.25, 0.3) is 31.1 Å². The molecule has 5 aromatic rings. The molecule has 0 saturated carbocycles. The Morgan fingerprint density at radius 1 is 0.694 bits per heavy atom. The van der Waals surface area contributed by atoms with Crippen LogP contribution in [0.15, 0.2) is 115 Å². The van der Waals surface area contributed by atoms with E-state index in [-0.39, 0.29) is 5.70 Å². The van der Waals surface area contributed by atoms with Crippen LogP contribution >= 0.6 is 22.7 Å². The number of rotatable bonds is 7. The number of carboxylic acid groups (broad SMARTS) is 1. The zero-order valence-corrected chi connectivity index (χ0v) is 20.7. The Balaban J connectivity index is 1.41. The first kappa shape index (κ1) is 23.3. The third-order valence-electron chi connectivity index (χ3n) is 5.53. The molecular weight excluding hydrogens is 484 g/mol. The summed E-state index contributed by atoms with van der Waals surface area (Å²) in [5, 5.41) is 9.09. The van der Waals surface area contributed by atoms with Crippen molar-refractivity contribution in [3.63, 3.8) is 0 Å². The van der Waals surface area contributed by atoms with Gasteiger partial charge in [-0.2, -0.15) is 0 Å². The Morgan fingerprint density at radius 3 is 1.81 bits per heavy atom. The fourth-order valence-electron chi connectivity index (χ4n) is 3.84. The third-order valence-corrected chi connectivity index (χ3v) is 7.90. The first-order valence-corrected chi connectivity index (χ1v) is 12.8. The van der Waals surface area contributed by atoms with Crippen molar-refractivity contribution >= 4 is 51.8 Å². The Morgan fingerprint density at radius 2 is 1.22 bits per heavy atom. The van der Waals surface area contributed by atoms with Crippen molar-refractivity contribution < 1.29 is 9.90 Å². The van der Waals surface area contributed by atoms with Gasteiger partial charge in [0.15, 0.2) is 0 Å². The van der Waals surface area contributed by atoms with E-state index in [2.05, 4.69) is 70.4 Å². The SMILES string of the molecule is [C-]#[N+]C(=Cc1ccc(-c2ccc(-c3ccc(N(c4ccccc4)c4ccccc4)cc3)s2)s1)C(=O)O. The maximum Gasteiger partial charge on any atom is 0.333 e. The van der Waals surface area contributed by atoms with Crippen LogP contribution in [0.2, 0.25) is 0 Å². The van der Waals surface area contributed by atoms with Gasteiger partial charge in [-0.3, -0.25) is 4.79 Å². The van der Waals surface area contributed by atoms with Gasteiger partial charge in [-0.05, 0) is 72.3 Å². The Labute approximate surface area is 217 Å². The van der Waals surface area contributed by atoms with E-state index in [9.17, 15) is 4.79 Å². The lowest BCUT2D eigenvalue weighted by Gasteiger charge is -2.25. The molecule has 0 radical (unpaired) electrons. The standard InChI is InChI=1S/C30H20N2O2S2/c1-31-26(30(33)34)20-25-16-17-28(35-25)29-19-18-27(36-29)21-12-14-24(15-13-21)32(22-8-4-2-5-9-22)23-10-6-3-7-11-23/h2-20H,(H,33,34). The molecule has 0 aliphatic carbocycles. The van der Waals surface area contributed by atoms with Crippen molar-refractivity contribution in [1.29, 1.82) is 0 Å². The molecule has 36 heavy (non-hydrogen) atoms. The summed E-state index contributed by atoms with van der Waals surface area (Å²) >= 11 is 3.17. The molecule has 2 aromatic heterocycles. The van der Waals surface area contributed by atoms with Gasteiger partial charge in [-0.25, -0.2) is 4.85 Å². The molecule has 0 amide bonds. The minimum Gasteiger partial charge on any atom is -0.486 e. The second-order valence-corrected chi connectivity index (χ2v) is 10.1. The van der Waals surface area contributed by atoms with Crippen LogP contribution in [0.4, 0.5) is 17.1 Å². The number of hydrogen-bond donors (Lipinski definition) is 1. The largest absolute Gasteiger partial charge is 0.486 e. The molecule has 0 aliphatic rings. The number of carbonyl (C=O) groups is 1. The normalized spacial score (nSPS) is 11.1. The summed E-state index contributed by atoms with van der Waals surface area (Å²) < 4.78 is 0. The topological polar surface area (TPSA) is 44.9 Å². The van der Waals surface area contributed by atoms with E-state index in [0.29, 0.717) is 0 Å². The molecule has 5 rings (SSSR count). The van der Waals surface area contributed by atoms with Gasteiger partial charge in [0.1, 0.15) is 0 Å². The molecule has 0 spiro atoms. The summed E-state index contributed by atoms with van der Waals surface area (Å²) in [5.41, 5.74) is 4.13. The maximum atomic E-state index is 11.1. The van der Waals surface area contributed by atoms with Gasteiger partial charge in [0.25, 0.3) is 5.70 Å². The number of aliphatic carboxylic acids is 1. The van der Waals surface area contributed by atoms with Crippen molar-refractivity contribution in [1.82, 2.24) is 0 Å². The molecule has 1 N–H and O–H groups in total. The van der Waals surface area contributed by atoms with Gasteiger partial charge in [0.2, 0.25) is 0 Å². The molecular formula is C30H20N2O2S2. The molecule has 2 heterocycles. The average molecular weight is 505 g/mol. The highest BCUT2D eigenvalue weighted by Crippen LogP contribution is 2.40. The fourth-order valence-corrected chi connectivity index (χ4v) is 5.89. The third kappa shape index (κ3) is 4.98. The summed E-state index contributed by atoms with van der Waals surface area (Å²) in [6.45, 7) is 7.03. The first-order valence-electron chi connectivity index (χ1n) is 11.2. The number of anilines is 3. The van der Waals surface area contributed by atoms with Crippen molar-refractivity contribution in [2.45, 2.75) is 0 Å². The van der Waals surface area contributed by atoms with Gasteiger partial charge in [0.05, 0.1) is 6.57 Å². The van der Waals surface area contributed by atoms with Crippen molar-refractivity contribution in [3.8, 4) is 20.2 Å². The van der Waals surface area contributed by atoms with Gasteiger partial charge in [-0.1, -0.05) is 48.5 Å². The maximum absolute atomic E-state index is 11.1. The number of nitrogens with zero attached hydrogens (tertiary/aromatic N) is 2. The Bertz CT molecular complexity index is 1520. The number of benzene rings is 3. The highest BCUT2D eigenvalue weighted by Gasteiger charge is 2.13. The molecule has 0 aliphatic heterocycles. The van der Waals surface area contributed by atoms with Crippen molar-refractivity contribution in [3.05, 3.63) is 131 Å². The summed E-state index contributed by atoms with van der Waals surface area (Å²) in [6, 6.07) is 37.2. The van der Waals surface area contributed by atoms with Crippen LogP contribution in [-0.4, -0.2) is 11.1 Å². The minimum atomic E-state index is -1.21. The van der Waals surface area contributed by atoms with Gasteiger partial charge in [0, 0.05) is 36.6 Å². The highest BCUT2D eigenvalue weighted by atomic mass is 32.1. The monoisotopic (exact) mass is 504 g/mol. The number of carboxylic acids is 1. The van der Waals surface area contributed by atoms with Crippen LogP contribution in [0.5, 0.6) is 0 Å². The molecule has 0 bridgehead atoms. The second kappa shape index (κ2) is 10.4. The number of thiophene rings is 2. The van der Waals surface area contributed by atoms with E-state index < -0.39 is 5.97 Å². The minimum absolute atomic E-state index is 0.282. The molecule has 3 aromatic carbocycles. The van der Waals surface area contributed by atoms with E-state index in [1.165, 1.54) is 17.4 Å². The van der Waals surface area contributed by atoms with Gasteiger partial charge in [-0.15, -0.1) is 22.7 Å². The van der Waals surface area contributed by atoms with Crippen LogP contribution < -0.4 is 4.90 Å². The Kier molecular flexibility index (Phi) is 6.76. The summed E-state index contributed by atoms with van der Waals surface area (Å²) in [7, 11) is 0. The Hall–Kier alpha value is -4.44. The summed E-state index contributed by atoms with van der Waals surface area (Å²) in [5.74, 6) is -1.21. The van der Waals surface area contributed by atoms with Crippen molar-refractivity contribution in [2.75, 3.05) is 4.90 Å². The molecule has 0 unspecified atom stereocenters. The molecule has 6 heteroatoms. The first-order chi connectivity index (χ1) is 17.6. The zero-order chi connectivity index (χ0) is 24.9. The second-order valence-electron chi connectivity index (χ2n) is 7.87. The predicted molar refractivity (Wildman–Crippen MR) is 150 cm³/mol. The number of hydrogen-bond acceptors (Lipinski definition) is 4. The van der Waals surface area contributed by atoms with E-state index in [1.54, 1.807) is 11.3 Å². The lowest BCUT2D eigenvalue weighted by Crippen LogP contribution is -2.09. The quantitative estimate of drug-likeness (QED) is 0.178. The van der Waals surface area contributed by atoms with E-state index in [1.807, 2.05) is 48.5 Å². The van der Waals surface area contributed by atoms with Gasteiger partial charge >= 0.3 is 5.97 Å². The van der Waals surface area contributed by atoms with Crippen molar-refractivity contribution in [2.24, 2.45) is 0 Å². The van der Waals surface area contributed by atoms with Crippen LogP contribution in [0.1, 0.15) is 4.88 Å². The lowest BCUT2D eigenvalue weighted by molar-refractivity contribution is -0.132. The molecule has 0 atom stereocenters. The van der Waals surface area contributed by atoms with E-state index in [0.717, 1.165) is 42.1 Å². The average Bonchev–Trinajstić information content (AvgIpc) is 3.59. The van der Waals surface area contributed by atoms with Crippen LogP contribution in [0.3, 0.4) is 0 Å². The predicted octanol–water partition coefficient (Wildman–Crippen LogP) is 8.96. The highest BCUT2D eigenvalue weighted by molar-refractivity contribution is 7.24. The molecule has 174 valence electrons. The summed E-state index contributed by atoms with van der Waals surface area (Å²) in [6.07, 6.45) is 1.42. The summed E-state index contributed by atoms with van der Waals surface area (Å²) in [4.78, 5) is 20.5. The molecule has 4 nitrogen and oxygen atoms in total. The van der Waals surface area contributed by atoms with Crippen LogP contribution in [0, 0.1) is 6.57 Å².